The molecule has 0 aromatic heterocycles. The van der Waals surface area contributed by atoms with Gasteiger partial charge in [0.25, 0.3) is 0 Å². The first kappa shape index (κ1) is 11.1. The second-order valence-electron chi connectivity index (χ2n) is 5.39. The first-order chi connectivity index (χ1) is 8.38. The van der Waals surface area contributed by atoms with Gasteiger partial charge in [0.05, 0.1) is 6.61 Å². The summed E-state index contributed by atoms with van der Waals surface area (Å²) in [7, 11) is 2.10. The summed E-state index contributed by atoms with van der Waals surface area (Å²) in [6, 6.07) is 9.10. The number of ether oxygens (including phenoxy) is 1. The van der Waals surface area contributed by atoms with Crippen LogP contribution in [0, 0.1) is 11.8 Å². The summed E-state index contributed by atoms with van der Waals surface area (Å²) in [4.78, 5) is 0. The van der Waals surface area contributed by atoms with Gasteiger partial charge in [-0.2, -0.15) is 0 Å². The Morgan fingerprint density at radius 1 is 1.24 bits per heavy atom. The van der Waals surface area contributed by atoms with Crippen LogP contribution >= 0.6 is 0 Å². The quantitative estimate of drug-likeness (QED) is 0.863. The van der Waals surface area contributed by atoms with E-state index in [1.54, 1.807) is 0 Å². The van der Waals surface area contributed by atoms with E-state index in [1.807, 2.05) is 0 Å². The Kier molecular flexibility index (Phi) is 3.06. The molecule has 0 saturated heterocycles. The molecule has 2 unspecified atom stereocenters. The molecule has 1 saturated carbocycles. The van der Waals surface area contributed by atoms with Crippen molar-refractivity contribution in [2.75, 3.05) is 13.7 Å². The van der Waals surface area contributed by atoms with Crippen molar-refractivity contribution in [2.24, 2.45) is 11.8 Å². The van der Waals surface area contributed by atoms with Crippen LogP contribution in [0.4, 0.5) is 0 Å². The fraction of sp³-hybridized carbons (Fsp3) is 0.600. The highest BCUT2D eigenvalue weighted by Crippen LogP contribution is 2.36. The van der Waals surface area contributed by atoms with Gasteiger partial charge in [-0.3, -0.25) is 0 Å². The lowest BCUT2D eigenvalue weighted by Crippen LogP contribution is -2.47. The van der Waals surface area contributed by atoms with Crippen LogP contribution < -0.4 is 10.1 Å². The van der Waals surface area contributed by atoms with Gasteiger partial charge in [-0.25, -0.2) is 0 Å². The molecule has 2 nitrogen and oxygen atoms in total. The van der Waals surface area contributed by atoms with Crippen molar-refractivity contribution in [2.45, 2.75) is 31.7 Å². The lowest BCUT2D eigenvalue weighted by atomic mass is 9.73. The Bertz CT molecular complexity index is 386. The predicted molar refractivity (Wildman–Crippen MR) is 69.3 cm³/mol. The number of hydrogen-bond acceptors (Lipinski definition) is 2. The first-order valence-electron chi connectivity index (χ1n) is 6.76. The summed E-state index contributed by atoms with van der Waals surface area (Å²) in [6.07, 6.45) is 5.36. The summed E-state index contributed by atoms with van der Waals surface area (Å²) in [5.41, 5.74) is 1.38. The molecule has 0 radical (unpaired) electrons. The SMILES string of the molecule is CNC(C1CCC1)C1COc2ccccc2C1. The topological polar surface area (TPSA) is 21.3 Å². The second-order valence-corrected chi connectivity index (χ2v) is 5.39. The van der Waals surface area contributed by atoms with E-state index >= 15 is 0 Å². The van der Waals surface area contributed by atoms with E-state index < -0.39 is 0 Å². The van der Waals surface area contributed by atoms with Gasteiger partial charge in [0.2, 0.25) is 0 Å². The van der Waals surface area contributed by atoms with Crippen LogP contribution in [0.1, 0.15) is 24.8 Å². The van der Waals surface area contributed by atoms with Crippen LogP contribution in [0.15, 0.2) is 24.3 Å². The van der Waals surface area contributed by atoms with Crippen molar-refractivity contribution < 1.29 is 4.74 Å². The van der Waals surface area contributed by atoms with Gasteiger partial charge in [-0.15, -0.1) is 0 Å². The van der Waals surface area contributed by atoms with E-state index in [0.717, 1.165) is 24.7 Å². The molecule has 1 fully saturated rings. The highest BCUT2D eigenvalue weighted by molar-refractivity contribution is 5.35. The van der Waals surface area contributed by atoms with Crippen molar-refractivity contribution in [1.29, 1.82) is 0 Å². The highest BCUT2D eigenvalue weighted by Gasteiger charge is 2.34. The van der Waals surface area contributed by atoms with Crippen LogP contribution in [-0.2, 0) is 6.42 Å². The van der Waals surface area contributed by atoms with Gasteiger partial charge < -0.3 is 10.1 Å². The second kappa shape index (κ2) is 4.69. The Hall–Kier alpha value is -1.02. The third-order valence-electron chi connectivity index (χ3n) is 4.41. The molecule has 2 atom stereocenters. The van der Waals surface area contributed by atoms with Gasteiger partial charge in [-0.05, 0) is 43.9 Å². The number of nitrogens with one attached hydrogen (secondary N) is 1. The maximum absolute atomic E-state index is 5.90. The summed E-state index contributed by atoms with van der Waals surface area (Å²) in [5, 5.41) is 3.52. The molecule has 2 heteroatoms. The Morgan fingerprint density at radius 2 is 2.06 bits per heavy atom. The molecule has 1 aliphatic carbocycles. The molecular weight excluding hydrogens is 210 g/mol. The molecule has 1 aromatic rings. The minimum absolute atomic E-state index is 0.636. The Morgan fingerprint density at radius 3 is 2.76 bits per heavy atom. The number of para-hydroxylation sites is 1. The first-order valence-corrected chi connectivity index (χ1v) is 6.76. The molecule has 1 aliphatic heterocycles. The van der Waals surface area contributed by atoms with Crippen LogP contribution in [-0.4, -0.2) is 19.7 Å². The molecule has 17 heavy (non-hydrogen) atoms. The zero-order valence-corrected chi connectivity index (χ0v) is 10.5. The normalized spacial score (nSPS) is 25.6. The molecule has 1 N–H and O–H groups in total. The number of fused-ring (bicyclic) bond motifs is 1. The van der Waals surface area contributed by atoms with E-state index in [-0.39, 0.29) is 0 Å². The van der Waals surface area contributed by atoms with Gasteiger partial charge >= 0.3 is 0 Å². The molecule has 1 aromatic carbocycles. The zero-order valence-electron chi connectivity index (χ0n) is 10.5. The van der Waals surface area contributed by atoms with Crippen LogP contribution in [0.5, 0.6) is 5.75 Å². The lowest BCUT2D eigenvalue weighted by molar-refractivity contribution is 0.122. The molecule has 2 aliphatic rings. The fourth-order valence-electron chi connectivity index (χ4n) is 3.24. The number of benzene rings is 1. The highest BCUT2D eigenvalue weighted by atomic mass is 16.5. The molecule has 3 rings (SSSR count). The van der Waals surface area contributed by atoms with E-state index in [1.165, 1.54) is 24.8 Å². The number of hydrogen-bond donors (Lipinski definition) is 1. The summed E-state index contributed by atoms with van der Waals surface area (Å²) in [6.45, 7) is 0.874. The predicted octanol–water partition coefficient (Wildman–Crippen LogP) is 2.63. The summed E-state index contributed by atoms with van der Waals surface area (Å²) in [5.74, 6) is 2.60. The standard InChI is InChI=1S/C15H21NO/c1-16-15(11-6-4-7-11)13-9-12-5-2-3-8-14(12)17-10-13/h2-3,5,8,11,13,15-16H,4,6-7,9-10H2,1H3. The van der Waals surface area contributed by atoms with Crippen molar-refractivity contribution >= 4 is 0 Å². The maximum Gasteiger partial charge on any atom is 0.122 e. The number of rotatable bonds is 3. The minimum Gasteiger partial charge on any atom is -0.493 e. The van der Waals surface area contributed by atoms with Crippen LogP contribution in [0.3, 0.4) is 0 Å². The monoisotopic (exact) mass is 231 g/mol. The van der Waals surface area contributed by atoms with Crippen molar-refractivity contribution in [1.82, 2.24) is 5.32 Å². The zero-order chi connectivity index (χ0) is 11.7. The lowest BCUT2D eigenvalue weighted by Gasteiger charge is -2.40. The van der Waals surface area contributed by atoms with Crippen molar-refractivity contribution in [3.05, 3.63) is 29.8 Å². The van der Waals surface area contributed by atoms with E-state index in [9.17, 15) is 0 Å². The molecule has 0 amide bonds. The molecule has 1 heterocycles. The maximum atomic E-state index is 5.90. The minimum atomic E-state index is 0.636. The van der Waals surface area contributed by atoms with Crippen molar-refractivity contribution in [3.63, 3.8) is 0 Å². The van der Waals surface area contributed by atoms with E-state index in [0.29, 0.717) is 12.0 Å². The van der Waals surface area contributed by atoms with E-state index in [4.69, 9.17) is 4.74 Å². The third kappa shape index (κ3) is 2.06. The van der Waals surface area contributed by atoms with E-state index in [2.05, 4.69) is 36.6 Å². The molecule has 0 bridgehead atoms. The van der Waals surface area contributed by atoms with Crippen LogP contribution in [0.25, 0.3) is 0 Å². The average Bonchev–Trinajstić information content (AvgIpc) is 2.33. The third-order valence-corrected chi connectivity index (χ3v) is 4.41. The smallest absolute Gasteiger partial charge is 0.122 e. The Balaban J connectivity index is 1.73. The molecule has 92 valence electrons. The van der Waals surface area contributed by atoms with Gasteiger partial charge in [-0.1, -0.05) is 24.6 Å². The summed E-state index contributed by atoms with van der Waals surface area (Å²) < 4.78 is 5.90. The summed E-state index contributed by atoms with van der Waals surface area (Å²) >= 11 is 0. The van der Waals surface area contributed by atoms with Crippen molar-refractivity contribution in [3.8, 4) is 5.75 Å². The molecule has 0 spiro atoms. The largest absolute Gasteiger partial charge is 0.493 e. The average molecular weight is 231 g/mol. The van der Waals surface area contributed by atoms with Gasteiger partial charge in [0.15, 0.2) is 0 Å². The van der Waals surface area contributed by atoms with Gasteiger partial charge in [0.1, 0.15) is 5.75 Å². The molecular formula is C15H21NO. The Labute approximate surface area is 103 Å². The van der Waals surface area contributed by atoms with Crippen LogP contribution in [0.2, 0.25) is 0 Å². The fourth-order valence-corrected chi connectivity index (χ4v) is 3.24. The van der Waals surface area contributed by atoms with Gasteiger partial charge in [0, 0.05) is 12.0 Å².